The van der Waals surface area contributed by atoms with Crippen LogP contribution in [0.5, 0.6) is 0 Å². The van der Waals surface area contributed by atoms with Gasteiger partial charge in [0, 0.05) is 63.6 Å². The normalized spacial score (nSPS) is 21.3. The zero-order valence-corrected chi connectivity index (χ0v) is 16.1. The predicted molar refractivity (Wildman–Crippen MR) is 105 cm³/mol. The molecular weight excluding hydrogens is 328 g/mol. The third kappa shape index (κ3) is 3.85. The molecule has 0 spiro atoms. The maximum absolute atomic E-state index is 12.8. The fourth-order valence-corrected chi connectivity index (χ4v) is 3.84. The Hall–Kier alpha value is -2.08. The van der Waals surface area contributed by atoms with Gasteiger partial charge < -0.3 is 19.6 Å². The fourth-order valence-electron chi connectivity index (χ4n) is 3.84. The van der Waals surface area contributed by atoms with E-state index in [0.29, 0.717) is 13.0 Å². The van der Waals surface area contributed by atoms with Crippen LogP contribution in [0.4, 0.5) is 11.4 Å². The Balaban J connectivity index is 1.65. The summed E-state index contributed by atoms with van der Waals surface area (Å²) in [6, 6.07) is 8.11. The Kier molecular flexibility index (Phi) is 5.81. The van der Waals surface area contributed by atoms with E-state index in [2.05, 4.69) is 42.8 Å². The van der Waals surface area contributed by atoms with Gasteiger partial charge in [0.1, 0.15) is 0 Å². The molecule has 0 N–H and O–H groups in total. The van der Waals surface area contributed by atoms with Gasteiger partial charge in [0.2, 0.25) is 11.8 Å². The van der Waals surface area contributed by atoms with E-state index in [-0.39, 0.29) is 17.7 Å². The van der Waals surface area contributed by atoms with Gasteiger partial charge in [-0.05, 0) is 45.2 Å². The molecule has 0 aromatic heterocycles. The molecule has 1 aromatic carbocycles. The summed E-state index contributed by atoms with van der Waals surface area (Å²) in [5.41, 5.74) is 2.05. The average Bonchev–Trinajstić information content (AvgIpc) is 3.05. The Morgan fingerprint density at radius 3 is 2.27 bits per heavy atom. The van der Waals surface area contributed by atoms with Gasteiger partial charge >= 0.3 is 0 Å². The van der Waals surface area contributed by atoms with E-state index < -0.39 is 0 Å². The topological polar surface area (TPSA) is 47.1 Å². The number of rotatable bonds is 5. The summed E-state index contributed by atoms with van der Waals surface area (Å²) >= 11 is 0. The zero-order chi connectivity index (χ0) is 18.7. The van der Waals surface area contributed by atoms with Gasteiger partial charge in [-0.1, -0.05) is 0 Å². The smallest absolute Gasteiger partial charge is 0.228 e. The van der Waals surface area contributed by atoms with Crippen molar-refractivity contribution in [3.63, 3.8) is 0 Å². The van der Waals surface area contributed by atoms with Crippen molar-refractivity contribution in [2.45, 2.75) is 20.3 Å². The number of anilines is 2. The molecule has 6 nitrogen and oxygen atoms in total. The largest absolute Gasteiger partial charge is 0.372 e. The molecule has 0 saturated carbocycles. The molecule has 0 aliphatic carbocycles. The Morgan fingerprint density at radius 2 is 1.69 bits per heavy atom. The highest BCUT2D eigenvalue weighted by Crippen LogP contribution is 2.28. The third-order valence-electron chi connectivity index (χ3n) is 5.58. The van der Waals surface area contributed by atoms with Crippen LogP contribution in [0.25, 0.3) is 0 Å². The van der Waals surface area contributed by atoms with Gasteiger partial charge in [0.25, 0.3) is 0 Å². The van der Waals surface area contributed by atoms with E-state index in [1.54, 1.807) is 4.90 Å². The molecule has 1 aromatic rings. The summed E-state index contributed by atoms with van der Waals surface area (Å²) in [4.78, 5) is 33.5. The lowest BCUT2D eigenvalue weighted by atomic mass is 10.1. The lowest BCUT2D eigenvalue weighted by Gasteiger charge is -2.33. The molecular formula is C20H30N4O2. The summed E-state index contributed by atoms with van der Waals surface area (Å²) in [5.74, 6) is -0.0323. The van der Waals surface area contributed by atoms with Crippen molar-refractivity contribution >= 4 is 23.2 Å². The van der Waals surface area contributed by atoms with Crippen molar-refractivity contribution in [3.05, 3.63) is 24.3 Å². The van der Waals surface area contributed by atoms with Crippen LogP contribution in [0.1, 0.15) is 20.3 Å². The number of piperazine rings is 1. The minimum Gasteiger partial charge on any atom is -0.372 e. The summed E-state index contributed by atoms with van der Waals surface area (Å²) < 4.78 is 0. The van der Waals surface area contributed by atoms with Crippen LogP contribution in [-0.2, 0) is 9.59 Å². The average molecular weight is 358 g/mol. The van der Waals surface area contributed by atoms with Gasteiger partial charge in [-0.3, -0.25) is 9.59 Å². The molecule has 3 rings (SSSR count). The first kappa shape index (κ1) is 18.7. The quantitative estimate of drug-likeness (QED) is 0.803. The number of nitrogens with zero attached hydrogens (tertiary/aromatic N) is 4. The SMILES string of the molecule is CCN(CC)c1ccc(N2CC(C(=O)N3CCN(C)CC3)CC2=O)cc1. The first-order valence-electron chi connectivity index (χ1n) is 9.66. The first-order chi connectivity index (χ1) is 12.5. The number of amides is 2. The van der Waals surface area contributed by atoms with Crippen molar-refractivity contribution in [2.24, 2.45) is 5.92 Å². The molecule has 2 aliphatic rings. The maximum atomic E-state index is 12.8. The van der Waals surface area contributed by atoms with E-state index in [0.717, 1.165) is 50.6 Å². The minimum atomic E-state index is -0.214. The van der Waals surface area contributed by atoms with Crippen LogP contribution in [0.3, 0.4) is 0 Å². The van der Waals surface area contributed by atoms with E-state index in [1.807, 2.05) is 17.0 Å². The molecule has 0 radical (unpaired) electrons. The zero-order valence-electron chi connectivity index (χ0n) is 16.1. The van der Waals surface area contributed by atoms with Crippen LogP contribution in [-0.4, -0.2) is 74.5 Å². The van der Waals surface area contributed by atoms with Crippen molar-refractivity contribution < 1.29 is 9.59 Å². The number of carbonyl (C=O) groups is 2. The number of carbonyl (C=O) groups excluding carboxylic acids is 2. The highest BCUT2D eigenvalue weighted by Gasteiger charge is 2.37. The Labute approximate surface area is 156 Å². The van der Waals surface area contributed by atoms with Crippen molar-refractivity contribution in [1.82, 2.24) is 9.80 Å². The lowest BCUT2D eigenvalue weighted by Crippen LogP contribution is -2.49. The van der Waals surface area contributed by atoms with Crippen molar-refractivity contribution in [3.8, 4) is 0 Å². The van der Waals surface area contributed by atoms with E-state index in [9.17, 15) is 9.59 Å². The van der Waals surface area contributed by atoms with E-state index >= 15 is 0 Å². The Bertz CT molecular complexity index is 634. The van der Waals surface area contributed by atoms with Crippen LogP contribution in [0.15, 0.2) is 24.3 Å². The number of hydrogen-bond acceptors (Lipinski definition) is 4. The second kappa shape index (κ2) is 8.08. The monoisotopic (exact) mass is 358 g/mol. The van der Waals surface area contributed by atoms with Gasteiger partial charge in [-0.15, -0.1) is 0 Å². The molecule has 2 amide bonds. The van der Waals surface area contributed by atoms with E-state index in [4.69, 9.17) is 0 Å². The number of hydrogen-bond donors (Lipinski definition) is 0. The van der Waals surface area contributed by atoms with Crippen LogP contribution in [0.2, 0.25) is 0 Å². The minimum absolute atomic E-state index is 0.0491. The summed E-state index contributed by atoms with van der Waals surface area (Å²) in [5, 5.41) is 0. The molecule has 2 saturated heterocycles. The molecule has 1 unspecified atom stereocenters. The number of benzene rings is 1. The summed E-state index contributed by atoms with van der Waals surface area (Å²) in [7, 11) is 2.07. The molecule has 26 heavy (non-hydrogen) atoms. The van der Waals surface area contributed by atoms with Gasteiger partial charge in [-0.2, -0.15) is 0 Å². The third-order valence-corrected chi connectivity index (χ3v) is 5.58. The van der Waals surface area contributed by atoms with Gasteiger partial charge in [0.15, 0.2) is 0 Å². The second-order valence-corrected chi connectivity index (χ2v) is 7.22. The Morgan fingerprint density at radius 1 is 1.08 bits per heavy atom. The highest BCUT2D eigenvalue weighted by molar-refractivity contribution is 6.00. The second-order valence-electron chi connectivity index (χ2n) is 7.22. The molecule has 1 atom stereocenters. The van der Waals surface area contributed by atoms with Crippen molar-refractivity contribution in [2.75, 3.05) is 62.7 Å². The lowest BCUT2D eigenvalue weighted by molar-refractivity contribution is -0.137. The fraction of sp³-hybridized carbons (Fsp3) is 0.600. The van der Waals surface area contributed by atoms with Gasteiger partial charge in [-0.25, -0.2) is 0 Å². The first-order valence-corrected chi connectivity index (χ1v) is 9.66. The summed E-state index contributed by atoms with van der Waals surface area (Å²) in [6.07, 6.45) is 0.322. The predicted octanol–water partition coefficient (Wildman–Crippen LogP) is 1.66. The molecule has 0 bridgehead atoms. The molecule has 2 fully saturated rings. The number of likely N-dealkylation sites (N-methyl/N-ethyl adjacent to an activating group) is 1. The van der Waals surface area contributed by atoms with Gasteiger partial charge in [0.05, 0.1) is 5.92 Å². The van der Waals surface area contributed by atoms with Crippen LogP contribution < -0.4 is 9.80 Å². The molecule has 2 heterocycles. The maximum Gasteiger partial charge on any atom is 0.228 e. The summed E-state index contributed by atoms with van der Waals surface area (Å²) in [6.45, 7) is 10.0. The highest BCUT2D eigenvalue weighted by atomic mass is 16.2. The van der Waals surface area contributed by atoms with Crippen LogP contribution in [0, 0.1) is 5.92 Å². The molecule has 142 valence electrons. The molecule has 2 aliphatic heterocycles. The standard InChI is InChI=1S/C20H30N4O2/c1-4-22(5-2)17-6-8-18(9-7-17)24-15-16(14-19(24)25)20(26)23-12-10-21(3)11-13-23/h6-9,16H,4-5,10-15H2,1-3H3. The van der Waals surface area contributed by atoms with Crippen LogP contribution >= 0.6 is 0 Å². The van der Waals surface area contributed by atoms with Crippen molar-refractivity contribution in [1.29, 1.82) is 0 Å². The molecule has 6 heteroatoms. The van der Waals surface area contributed by atoms with E-state index in [1.165, 1.54) is 0 Å².